The lowest BCUT2D eigenvalue weighted by molar-refractivity contribution is -0.142. The van der Waals surface area contributed by atoms with Crippen molar-refractivity contribution in [1.29, 1.82) is 0 Å². The molecule has 0 aromatic carbocycles. The molecule has 0 aliphatic carbocycles. The van der Waals surface area contributed by atoms with E-state index in [1.165, 1.54) is 13.8 Å². The van der Waals surface area contributed by atoms with Gasteiger partial charge in [0, 0.05) is 0 Å². The van der Waals surface area contributed by atoms with E-state index in [-0.39, 0.29) is 12.5 Å². The van der Waals surface area contributed by atoms with E-state index in [9.17, 15) is 19.2 Å². The second kappa shape index (κ2) is 8.98. The molecule has 0 fully saturated rings. The third kappa shape index (κ3) is 6.53. The number of rotatable bonds is 8. The molecule has 9 nitrogen and oxygen atoms in total. The van der Waals surface area contributed by atoms with Crippen LogP contribution in [0.2, 0.25) is 0 Å². The lowest BCUT2D eigenvalue weighted by atomic mass is 10.0. The third-order valence-corrected chi connectivity index (χ3v) is 2.93. The van der Waals surface area contributed by atoms with Gasteiger partial charge in [-0.25, -0.2) is 0 Å². The van der Waals surface area contributed by atoms with Gasteiger partial charge in [-0.3, -0.25) is 19.2 Å². The SMILES string of the molecule is CC(C)[C@H](NC(=O)[C@H](C)NC(=O)CN)C(=O)N[C@@H](C)C(=O)O. The van der Waals surface area contributed by atoms with Crippen LogP contribution in [0.1, 0.15) is 27.7 Å². The Labute approximate surface area is 129 Å². The summed E-state index contributed by atoms with van der Waals surface area (Å²) in [5.41, 5.74) is 5.14. The summed E-state index contributed by atoms with van der Waals surface area (Å²) in [7, 11) is 0. The summed E-state index contributed by atoms with van der Waals surface area (Å²) in [4.78, 5) is 45.9. The largest absolute Gasteiger partial charge is 0.480 e. The van der Waals surface area contributed by atoms with Gasteiger partial charge in [-0.15, -0.1) is 0 Å². The molecule has 22 heavy (non-hydrogen) atoms. The van der Waals surface area contributed by atoms with Crippen LogP contribution in [0.4, 0.5) is 0 Å². The number of aliphatic carboxylic acids is 1. The number of carbonyl (C=O) groups excluding carboxylic acids is 3. The standard InChI is InChI=1S/C13H24N4O5/c1-6(2)10(12(20)16-8(4)13(21)22)17-11(19)7(3)15-9(18)5-14/h6-8,10H,5,14H2,1-4H3,(H,15,18)(H,16,20)(H,17,19)(H,21,22)/t7-,8-,10-/m0/s1. The van der Waals surface area contributed by atoms with Crippen molar-refractivity contribution < 1.29 is 24.3 Å². The highest BCUT2D eigenvalue weighted by molar-refractivity contribution is 5.93. The fourth-order valence-corrected chi connectivity index (χ4v) is 1.54. The molecule has 0 unspecified atom stereocenters. The Kier molecular flexibility index (Phi) is 8.10. The molecule has 0 radical (unpaired) electrons. The number of nitrogens with two attached hydrogens (primary N) is 1. The molecule has 6 N–H and O–H groups in total. The van der Waals surface area contributed by atoms with Gasteiger partial charge in [0.2, 0.25) is 17.7 Å². The Balaban J connectivity index is 4.76. The lowest BCUT2D eigenvalue weighted by Crippen LogP contribution is -2.56. The van der Waals surface area contributed by atoms with E-state index in [1.807, 2.05) is 0 Å². The second-order valence-electron chi connectivity index (χ2n) is 5.29. The number of hydrogen-bond acceptors (Lipinski definition) is 5. The Morgan fingerprint density at radius 2 is 1.45 bits per heavy atom. The Morgan fingerprint density at radius 1 is 0.909 bits per heavy atom. The highest BCUT2D eigenvalue weighted by atomic mass is 16.4. The first-order valence-electron chi connectivity index (χ1n) is 6.93. The van der Waals surface area contributed by atoms with Crippen LogP contribution >= 0.6 is 0 Å². The maximum atomic E-state index is 12.0. The van der Waals surface area contributed by atoms with Crippen LogP contribution in [0.25, 0.3) is 0 Å². The number of nitrogens with one attached hydrogen (secondary N) is 3. The van der Waals surface area contributed by atoms with Gasteiger partial charge >= 0.3 is 5.97 Å². The summed E-state index contributed by atoms with van der Waals surface area (Å²) < 4.78 is 0. The quantitative estimate of drug-likeness (QED) is 0.356. The summed E-state index contributed by atoms with van der Waals surface area (Å²) in [6.45, 7) is 5.95. The van der Waals surface area contributed by atoms with E-state index in [0.29, 0.717) is 0 Å². The van der Waals surface area contributed by atoms with Crippen molar-refractivity contribution >= 4 is 23.7 Å². The molecule has 3 amide bonds. The highest BCUT2D eigenvalue weighted by Crippen LogP contribution is 2.03. The topological polar surface area (TPSA) is 151 Å². The van der Waals surface area contributed by atoms with Crippen LogP contribution in [-0.2, 0) is 19.2 Å². The summed E-state index contributed by atoms with van der Waals surface area (Å²) >= 11 is 0. The Hall–Kier alpha value is -2.16. The first-order valence-corrected chi connectivity index (χ1v) is 6.93. The molecule has 9 heteroatoms. The minimum absolute atomic E-state index is 0.248. The zero-order valence-corrected chi connectivity index (χ0v) is 13.2. The van der Waals surface area contributed by atoms with Crippen molar-refractivity contribution in [1.82, 2.24) is 16.0 Å². The summed E-state index contributed by atoms with van der Waals surface area (Å²) in [6, 6.07) is -2.84. The minimum Gasteiger partial charge on any atom is -0.480 e. The molecule has 0 saturated heterocycles. The molecule has 126 valence electrons. The van der Waals surface area contributed by atoms with Crippen molar-refractivity contribution in [2.45, 2.75) is 45.8 Å². The Morgan fingerprint density at radius 3 is 1.86 bits per heavy atom. The molecule has 0 heterocycles. The van der Waals surface area contributed by atoms with E-state index in [0.717, 1.165) is 0 Å². The van der Waals surface area contributed by atoms with Crippen LogP contribution < -0.4 is 21.7 Å². The van der Waals surface area contributed by atoms with Gasteiger partial charge in [0.15, 0.2) is 0 Å². The summed E-state index contributed by atoms with van der Waals surface area (Å²) in [5.74, 6) is -3.09. The zero-order chi connectivity index (χ0) is 17.4. The van der Waals surface area contributed by atoms with Crippen LogP contribution in [0.15, 0.2) is 0 Å². The number of amides is 3. The van der Waals surface area contributed by atoms with Crippen LogP contribution in [-0.4, -0.2) is 53.5 Å². The smallest absolute Gasteiger partial charge is 0.325 e. The fourth-order valence-electron chi connectivity index (χ4n) is 1.54. The average Bonchev–Trinajstić information content (AvgIpc) is 2.43. The molecule has 0 aromatic heterocycles. The number of carbonyl (C=O) groups is 4. The molecular weight excluding hydrogens is 292 g/mol. The van der Waals surface area contributed by atoms with Gasteiger partial charge in [0.05, 0.1) is 6.54 Å². The van der Waals surface area contributed by atoms with Crippen LogP contribution in [0.5, 0.6) is 0 Å². The number of carboxylic acid groups (broad SMARTS) is 1. The zero-order valence-electron chi connectivity index (χ0n) is 13.2. The van der Waals surface area contributed by atoms with Gasteiger partial charge in [-0.2, -0.15) is 0 Å². The third-order valence-electron chi connectivity index (χ3n) is 2.93. The predicted octanol–water partition coefficient (Wildman–Crippen LogP) is -1.82. The molecule has 0 aliphatic rings. The molecule has 0 aromatic rings. The van der Waals surface area contributed by atoms with Gasteiger partial charge in [-0.05, 0) is 19.8 Å². The molecule has 0 rings (SSSR count). The van der Waals surface area contributed by atoms with E-state index in [2.05, 4.69) is 16.0 Å². The van der Waals surface area contributed by atoms with Crippen LogP contribution in [0.3, 0.4) is 0 Å². The first-order chi connectivity index (χ1) is 10.1. The van der Waals surface area contributed by atoms with E-state index in [4.69, 9.17) is 10.8 Å². The number of carboxylic acids is 1. The summed E-state index contributed by atoms with van der Waals surface area (Å²) in [6.07, 6.45) is 0. The molecule has 0 aliphatic heterocycles. The normalized spacial score (nSPS) is 14.6. The average molecular weight is 316 g/mol. The second-order valence-corrected chi connectivity index (χ2v) is 5.29. The van der Waals surface area contributed by atoms with Gasteiger partial charge < -0.3 is 26.8 Å². The van der Waals surface area contributed by atoms with Crippen molar-refractivity contribution in [2.24, 2.45) is 11.7 Å². The molecular formula is C13H24N4O5. The van der Waals surface area contributed by atoms with E-state index in [1.54, 1.807) is 13.8 Å². The highest BCUT2D eigenvalue weighted by Gasteiger charge is 2.28. The van der Waals surface area contributed by atoms with E-state index < -0.39 is 41.8 Å². The van der Waals surface area contributed by atoms with E-state index >= 15 is 0 Å². The summed E-state index contributed by atoms with van der Waals surface area (Å²) in [5, 5.41) is 15.9. The predicted molar refractivity (Wildman–Crippen MR) is 78.7 cm³/mol. The maximum absolute atomic E-state index is 12.0. The van der Waals surface area contributed by atoms with Crippen LogP contribution in [0, 0.1) is 5.92 Å². The maximum Gasteiger partial charge on any atom is 0.325 e. The van der Waals surface area contributed by atoms with Crippen molar-refractivity contribution in [3.63, 3.8) is 0 Å². The molecule has 0 saturated carbocycles. The molecule has 0 spiro atoms. The number of hydrogen-bond donors (Lipinski definition) is 5. The Bertz CT molecular complexity index is 438. The molecule has 3 atom stereocenters. The van der Waals surface area contributed by atoms with Crippen molar-refractivity contribution in [3.05, 3.63) is 0 Å². The fraction of sp³-hybridized carbons (Fsp3) is 0.692. The minimum atomic E-state index is -1.18. The lowest BCUT2D eigenvalue weighted by Gasteiger charge is -2.24. The first kappa shape index (κ1) is 19.8. The van der Waals surface area contributed by atoms with Gasteiger partial charge in [0.25, 0.3) is 0 Å². The monoisotopic (exact) mass is 316 g/mol. The van der Waals surface area contributed by atoms with Crippen molar-refractivity contribution in [2.75, 3.05) is 6.54 Å². The molecule has 0 bridgehead atoms. The van der Waals surface area contributed by atoms with Gasteiger partial charge in [0.1, 0.15) is 18.1 Å². The van der Waals surface area contributed by atoms with Crippen molar-refractivity contribution in [3.8, 4) is 0 Å². The van der Waals surface area contributed by atoms with Gasteiger partial charge in [-0.1, -0.05) is 13.8 Å².